The average molecular weight is 614 g/mol. The van der Waals surface area contributed by atoms with Gasteiger partial charge < -0.3 is 15.0 Å². The lowest BCUT2D eigenvalue weighted by Gasteiger charge is -2.35. The van der Waals surface area contributed by atoms with Gasteiger partial charge in [0.15, 0.2) is 0 Å². The molecule has 8 nitrogen and oxygen atoms in total. The first kappa shape index (κ1) is 32.9. The van der Waals surface area contributed by atoms with Crippen LogP contribution in [0.2, 0.25) is 5.02 Å². The van der Waals surface area contributed by atoms with Gasteiger partial charge in [0, 0.05) is 17.1 Å². The van der Waals surface area contributed by atoms with E-state index in [2.05, 4.69) is 5.32 Å². The predicted octanol–water partition coefficient (Wildman–Crippen LogP) is 5.88. The topological polar surface area (TPSA) is 96.0 Å². The summed E-state index contributed by atoms with van der Waals surface area (Å²) in [7, 11) is -2.65. The number of amides is 2. The second kappa shape index (κ2) is 13.6. The van der Waals surface area contributed by atoms with Gasteiger partial charge in [-0.1, -0.05) is 54.4 Å². The lowest BCUT2D eigenvalue weighted by Crippen LogP contribution is -2.55. The molecule has 0 radical (unpaired) electrons. The molecule has 0 fully saturated rings. The molecule has 0 spiro atoms. The molecular weight excluding hydrogens is 574 g/mol. The maximum absolute atomic E-state index is 14.3. The molecule has 0 aliphatic rings. The number of sulfonamides is 1. The highest BCUT2D eigenvalue weighted by Crippen LogP contribution is 2.30. The molecule has 1 atom stereocenters. The molecule has 3 aromatic rings. The van der Waals surface area contributed by atoms with Crippen molar-refractivity contribution >= 4 is 39.1 Å². The van der Waals surface area contributed by atoms with Crippen LogP contribution in [-0.2, 0) is 26.2 Å². The van der Waals surface area contributed by atoms with Gasteiger partial charge in [-0.15, -0.1) is 0 Å². The van der Waals surface area contributed by atoms with E-state index in [4.69, 9.17) is 16.3 Å². The summed E-state index contributed by atoms with van der Waals surface area (Å²) in [5, 5.41) is 3.30. The zero-order valence-corrected chi connectivity index (χ0v) is 26.8. The van der Waals surface area contributed by atoms with E-state index >= 15 is 0 Å². The number of anilines is 1. The Labute approximate surface area is 254 Å². The van der Waals surface area contributed by atoms with E-state index in [1.165, 1.54) is 23.1 Å². The van der Waals surface area contributed by atoms with Crippen molar-refractivity contribution in [2.24, 2.45) is 0 Å². The molecule has 1 N–H and O–H groups in total. The summed E-state index contributed by atoms with van der Waals surface area (Å²) in [5.74, 6) is -0.262. The third-order valence-corrected chi connectivity index (χ3v) is 8.71. The van der Waals surface area contributed by atoms with Crippen LogP contribution < -0.4 is 14.4 Å². The van der Waals surface area contributed by atoms with E-state index in [1.807, 2.05) is 40.7 Å². The van der Waals surface area contributed by atoms with Gasteiger partial charge >= 0.3 is 0 Å². The van der Waals surface area contributed by atoms with E-state index in [0.717, 1.165) is 15.4 Å². The zero-order chi connectivity index (χ0) is 31.2. The summed E-state index contributed by atoms with van der Waals surface area (Å²) in [5.41, 5.74) is 2.00. The van der Waals surface area contributed by atoms with E-state index in [9.17, 15) is 18.0 Å². The zero-order valence-electron chi connectivity index (χ0n) is 25.3. The van der Waals surface area contributed by atoms with E-state index < -0.39 is 34.1 Å². The van der Waals surface area contributed by atoms with Crippen LogP contribution >= 0.6 is 11.6 Å². The van der Waals surface area contributed by atoms with Crippen molar-refractivity contribution in [3.63, 3.8) is 0 Å². The minimum absolute atomic E-state index is 0.0390. The quantitative estimate of drug-likeness (QED) is 0.291. The molecule has 226 valence electrons. The number of halogens is 1. The maximum Gasteiger partial charge on any atom is 0.264 e. The van der Waals surface area contributed by atoms with Crippen LogP contribution in [0.25, 0.3) is 0 Å². The number of hydrogen-bond donors (Lipinski definition) is 1. The van der Waals surface area contributed by atoms with Crippen LogP contribution in [0.15, 0.2) is 71.6 Å². The maximum atomic E-state index is 14.3. The first-order valence-corrected chi connectivity index (χ1v) is 15.6. The van der Waals surface area contributed by atoms with Gasteiger partial charge in [0.1, 0.15) is 18.3 Å². The molecule has 0 bridgehead atoms. The number of methoxy groups -OCH3 is 1. The summed E-state index contributed by atoms with van der Waals surface area (Å²) in [4.78, 5) is 29.2. The Hall–Kier alpha value is -3.56. The molecule has 0 heterocycles. The number of carbonyl (C=O) groups is 2. The number of nitrogens with one attached hydrogen (secondary N) is 1. The molecule has 0 aliphatic heterocycles. The van der Waals surface area contributed by atoms with E-state index in [1.54, 1.807) is 56.5 Å². The smallest absolute Gasteiger partial charge is 0.264 e. The fourth-order valence-corrected chi connectivity index (χ4v) is 6.18. The Morgan fingerprint density at radius 3 is 2.26 bits per heavy atom. The number of ether oxygens (including phenoxy) is 1. The van der Waals surface area contributed by atoms with Crippen LogP contribution in [0, 0.1) is 13.8 Å². The van der Waals surface area contributed by atoms with E-state index in [0.29, 0.717) is 22.8 Å². The monoisotopic (exact) mass is 613 g/mol. The summed E-state index contributed by atoms with van der Waals surface area (Å²) in [6.07, 6.45) is 0.318. The van der Waals surface area contributed by atoms with Crippen molar-refractivity contribution in [1.82, 2.24) is 10.2 Å². The molecule has 2 amide bonds. The minimum atomic E-state index is -4.20. The lowest BCUT2D eigenvalue weighted by molar-refractivity contribution is -0.141. The van der Waals surface area contributed by atoms with Gasteiger partial charge in [-0.3, -0.25) is 13.9 Å². The molecule has 42 heavy (non-hydrogen) atoms. The van der Waals surface area contributed by atoms with Crippen molar-refractivity contribution < 1.29 is 22.7 Å². The average Bonchev–Trinajstić information content (AvgIpc) is 2.92. The predicted molar refractivity (Wildman–Crippen MR) is 167 cm³/mol. The van der Waals surface area contributed by atoms with Gasteiger partial charge in [0.05, 0.1) is 17.7 Å². The Bertz CT molecular complexity index is 1520. The van der Waals surface area contributed by atoms with Crippen molar-refractivity contribution in [2.45, 2.75) is 71.0 Å². The Balaban J connectivity index is 2.12. The second-order valence-electron chi connectivity index (χ2n) is 11.3. The number of hydrogen-bond acceptors (Lipinski definition) is 5. The second-order valence-corrected chi connectivity index (χ2v) is 13.6. The first-order chi connectivity index (χ1) is 19.7. The number of nitrogens with zero attached hydrogens (tertiary/aromatic N) is 2. The molecule has 0 unspecified atom stereocenters. The van der Waals surface area contributed by atoms with Gasteiger partial charge in [-0.25, -0.2) is 8.42 Å². The molecule has 3 rings (SSSR count). The van der Waals surface area contributed by atoms with Gasteiger partial charge in [0.2, 0.25) is 11.8 Å². The highest BCUT2D eigenvalue weighted by atomic mass is 35.5. The normalized spacial score (nSPS) is 12.4. The Kier molecular flexibility index (Phi) is 10.7. The van der Waals surface area contributed by atoms with Gasteiger partial charge in [0.25, 0.3) is 10.0 Å². The molecular formula is C32H40ClN3O5S. The third kappa shape index (κ3) is 8.26. The SMILES string of the molecule is CC[C@@H](C(=O)NC(C)(C)C)N(Cc1cccc(OC)c1)C(=O)CN(c1cc(Cl)ccc1C)S(=O)(=O)c1ccc(C)cc1. The number of aryl methyl sites for hydroxylation is 2. The van der Waals surface area contributed by atoms with Crippen LogP contribution in [0.3, 0.4) is 0 Å². The summed E-state index contributed by atoms with van der Waals surface area (Å²) < 4.78 is 34.6. The molecule has 0 saturated carbocycles. The van der Waals surface area contributed by atoms with Crippen LogP contribution in [0.5, 0.6) is 5.75 Å². The van der Waals surface area contributed by atoms with Crippen molar-refractivity contribution in [3.8, 4) is 5.75 Å². The van der Waals surface area contributed by atoms with Crippen LogP contribution in [0.4, 0.5) is 5.69 Å². The molecule has 3 aromatic carbocycles. The van der Waals surface area contributed by atoms with Crippen molar-refractivity contribution in [1.29, 1.82) is 0 Å². The van der Waals surface area contributed by atoms with E-state index in [-0.39, 0.29) is 23.0 Å². The first-order valence-electron chi connectivity index (χ1n) is 13.8. The Morgan fingerprint density at radius 1 is 1.00 bits per heavy atom. The minimum Gasteiger partial charge on any atom is -0.497 e. The largest absolute Gasteiger partial charge is 0.497 e. The summed E-state index contributed by atoms with van der Waals surface area (Å²) in [6.45, 7) is 10.6. The van der Waals surface area contributed by atoms with Gasteiger partial charge in [-0.05, 0) is 88.6 Å². The van der Waals surface area contributed by atoms with Gasteiger partial charge in [-0.2, -0.15) is 0 Å². The fourth-order valence-electron chi connectivity index (χ4n) is 4.54. The van der Waals surface area contributed by atoms with Crippen LogP contribution in [0.1, 0.15) is 50.8 Å². The highest BCUT2D eigenvalue weighted by Gasteiger charge is 2.35. The fraction of sp³-hybridized carbons (Fsp3) is 0.375. The molecule has 0 saturated heterocycles. The van der Waals surface area contributed by atoms with Crippen molar-refractivity contribution in [2.75, 3.05) is 18.0 Å². The highest BCUT2D eigenvalue weighted by molar-refractivity contribution is 7.92. The number of rotatable bonds is 11. The van der Waals surface area contributed by atoms with Crippen LogP contribution in [-0.4, -0.2) is 50.4 Å². The number of benzene rings is 3. The van der Waals surface area contributed by atoms with Crippen molar-refractivity contribution in [3.05, 3.63) is 88.4 Å². The standard InChI is InChI=1S/C32H40ClN3O5S/c1-8-28(31(38)34-32(4,5)6)35(20-24-10-9-11-26(18-24)41-7)30(37)21-36(29-19-25(33)15-14-23(29)3)42(39,40)27-16-12-22(2)13-17-27/h9-19,28H,8,20-21H2,1-7H3,(H,34,38)/t28-/m0/s1. The molecule has 0 aliphatic carbocycles. The summed E-state index contributed by atoms with van der Waals surface area (Å²) >= 11 is 6.31. The summed E-state index contributed by atoms with van der Waals surface area (Å²) in [6, 6.07) is 17.7. The lowest BCUT2D eigenvalue weighted by atomic mass is 10.1. The number of carbonyl (C=O) groups excluding carboxylic acids is 2. The Morgan fingerprint density at radius 2 is 1.67 bits per heavy atom. The molecule has 10 heteroatoms. The third-order valence-electron chi connectivity index (χ3n) is 6.70. The molecule has 0 aromatic heterocycles.